The number of carbonyl (C=O) groups is 2. The van der Waals surface area contributed by atoms with E-state index in [0.29, 0.717) is 27.1 Å². The van der Waals surface area contributed by atoms with Crippen LogP contribution < -0.4 is 9.64 Å². The quantitative estimate of drug-likeness (QED) is 0.559. The van der Waals surface area contributed by atoms with Crippen LogP contribution in [0.3, 0.4) is 0 Å². The van der Waals surface area contributed by atoms with Crippen LogP contribution in [0.4, 0.5) is 11.4 Å². The maximum Gasteiger partial charge on any atom is 0.341 e. The molecule has 1 amide bonds. The summed E-state index contributed by atoms with van der Waals surface area (Å²) in [5.74, 6) is -0.884. The van der Waals surface area contributed by atoms with E-state index in [4.69, 9.17) is 9.84 Å². The van der Waals surface area contributed by atoms with Crippen molar-refractivity contribution in [2.24, 2.45) is 4.99 Å². The maximum absolute atomic E-state index is 13.3. The summed E-state index contributed by atoms with van der Waals surface area (Å²) in [5, 5.41) is 9.45. The molecule has 31 heavy (non-hydrogen) atoms. The summed E-state index contributed by atoms with van der Waals surface area (Å²) in [6, 6.07) is 25.8. The number of carboxylic acid groups (broad SMARTS) is 1. The second-order valence-electron chi connectivity index (χ2n) is 6.54. The molecule has 0 aliphatic carbocycles. The number of nitrogens with zero attached hydrogens (tertiary/aromatic N) is 2. The molecule has 0 radical (unpaired) electrons. The molecule has 1 fully saturated rings. The first kappa shape index (κ1) is 20.4. The third kappa shape index (κ3) is 4.84. The van der Waals surface area contributed by atoms with Crippen molar-refractivity contribution in [3.63, 3.8) is 0 Å². The Hall–Kier alpha value is -3.84. The van der Waals surface area contributed by atoms with Gasteiger partial charge in [0.15, 0.2) is 11.8 Å². The number of para-hydroxylation sites is 3. The topological polar surface area (TPSA) is 79.2 Å². The van der Waals surface area contributed by atoms with Crippen LogP contribution in [0.25, 0.3) is 6.08 Å². The van der Waals surface area contributed by atoms with Crippen molar-refractivity contribution >= 4 is 46.3 Å². The Kier molecular flexibility index (Phi) is 6.14. The van der Waals surface area contributed by atoms with Gasteiger partial charge in [-0.3, -0.25) is 9.69 Å². The number of benzene rings is 3. The predicted octanol–water partition coefficient (Wildman–Crippen LogP) is 4.96. The van der Waals surface area contributed by atoms with E-state index in [2.05, 4.69) is 4.99 Å². The fourth-order valence-corrected chi connectivity index (χ4v) is 3.97. The van der Waals surface area contributed by atoms with E-state index in [1.54, 1.807) is 35.2 Å². The summed E-state index contributed by atoms with van der Waals surface area (Å²) >= 11 is 1.26. The molecule has 154 valence electrons. The molecule has 0 saturated carbocycles. The van der Waals surface area contributed by atoms with Crippen LogP contribution in [0.15, 0.2) is 94.8 Å². The van der Waals surface area contributed by atoms with E-state index in [1.807, 2.05) is 60.7 Å². The fourth-order valence-electron chi connectivity index (χ4n) is 2.98. The molecule has 6 nitrogen and oxygen atoms in total. The first-order valence-corrected chi connectivity index (χ1v) is 10.3. The Bertz CT molecular complexity index is 1160. The first-order valence-electron chi connectivity index (χ1n) is 9.48. The largest absolute Gasteiger partial charge is 0.481 e. The van der Waals surface area contributed by atoms with Gasteiger partial charge in [0.2, 0.25) is 0 Å². The van der Waals surface area contributed by atoms with Crippen LogP contribution in [0.1, 0.15) is 5.56 Å². The molecule has 3 aromatic carbocycles. The van der Waals surface area contributed by atoms with Crippen LogP contribution in [0.2, 0.25) is 0 Å². The number of ether oxygens (including phenoxy) is 1. The van der Waals surface area contributed by atoms with Crippen molar-refractivity contribution in [2.45, 2.75) is 0 Å². The zero-order valence-electron chi connectivity index (χ0n) is 16.3. The average molecular weight is 430 g/mol. The predicted molar refractivity (Wildman–Crippen MR) is 123 cm³/mol. The summed E-state index contributed by atoms with van der Waals surface area (Å²) in [4.78, 5) is 30.9. The number of amides is 1. The SMILES string of the molecule is O=C(O)COc1ccccc1/C=C1\SC(=Nc2ccccc2)N(c2ccccc2)C1=O. The van der Waals surface area contributed by atoms with Crippen molar-refractivity contribution in [1.29, 1.82) is 0 Å². The summed E-state index contributed by atoms with van der Waals surface area (Å²) < 4.78 is 5.37. The number of thioether (sulfide) groups is 1. The van der Waals surface area contributed by atoms with Gasteiger partial charge in [-0.25, -0.2) is 9.79 Å². The molecule has 1 aliphatic rings. The minimum atomic E-state index is -1.07. The third-order valence-electron chi connectivity index (χ3n) is 4.36. The summed E-state index contributed by atoms with van der Waals surface area (Å²) in [6.45, 7) is -0.460. The van der Waals surface area contributed by atoms with Gasteiger partial charge in [-0.2, -0.15) is 0 Å². The molecule has 4 rings (SSSR count). The van der Waals surface area contributed by atoms with Gasteiger partial charge in [-0.15, -0.1) is 0 Å². The third-order valence-corrected chi connectivity index (χ3v) is 5.33. The molecule has 0 spiro atoms. The number of rotatable bonds is 6. The second-order valence-corrected chi connectivity index (χ2v) is 7.55. The van der Waals surface area contributed by atoms with Gasteiger partial charge in [0.1, 0.15) is 5.75 Å². The fraction of sp³-hybridized carbons (Fsp3) is 0.0417. The standard InChI is InChI=1S/C24H18N2O4S/c27-22(28)16-30-20-14-8-7-9-17(20)15-21-23(29)26(19-12-5-2-6-13-19)24(31-21)25-18-10-3-1-4-11-18/h1-15H,16H2,(H,27,28)/b21-15-,25-24?. The van der Waals surface area contributed by atoms with E-state index < -0.39 is 12.6 Å². The molecule has 1 N–H and O–H groups in total. The van der Waals surface area contributed by atoms with Crippen molar-refractivity contribution in [2.75, 3.05) is 11.5 Å². The Morgan fingerprint density at radius 1 is 0.968 bits per heavy atom. The zero-order valence-corrected chi connectivity index (χ0v) is 17.2. The molecule has 0 unspecified atom stereocenters. The van der Waals surface area contributed by atoms with Gasteiger partial charge < -0.3 is 9.84 Å². The van der Waals surface area contributed by atoms with E-state index in [0.717, 1.165) is 5.69 Å². The van der Waals surface area contributed by atoms with Crippen LogP contribution in [0.5, 0.6) is 5.75 Å². The van der Waals surface area contributed by atoms with Gasteiger partial charge >= 0.3 is 5.97 Å². The number of hydrogen-bond acceptors (Lipinski definition) is 5. The van der Waals surface area contributed by atoms with Crippen LogP contribution in [0, 0.1) is 0 Å². The second kappa shape index (κ2) is 9.32. The highest BCUT2D eigenvalue weighted by Crippen LogP contribution is 2.38. The highest BCUT2D eigenvalue weighted by atomic mass is 32.2. The lowest BCUT2D eigenvalue weighted by Gasteiger charge is -2.15. The van der Waals surface area contributed by atoms with Crippen LogP contribution in [-0.2, 0) is 9.59 Å². The molecule has 0 atom stereocenters. The highest BCUT2D eigenvalue weighted by Gasteiger charge is 2.34. The van der Waals surface area contributed by atoms with Crippen molar-refractivity contribution in [1.82, 2.24) is 0 Å². The molecule has 1 saturated heterocycles. The monoisotopic (exact) mass is 430 g/mol. The number of aliphatic carboxylic acids is 1. The molecule has 7 heteroatoms. The lowest BCUT2D eigenvalue weighted by molar-refractivity contribution is -0.139. The summed E-state index contributed by atoms with van der Waals surface area (Å²) in [5.41, 5.74) is 2.08. The zero-order chi connectivity index (χ0) is 21.6. The van der Waals surface area contributed by atoms with E-state index in [9.17, 15) is 9.59 Å². The highest BCUT2D eigenvalue weighted by molar-refractivity contribution is 8.19. The Balaban J connectivity index is 1.73. The number of anilines is 1. The molecule has 0 bridgehead atoms. The van der Waals surface area contributed by atoms with Gasteiger partial charge in [0.25, 0.3) is 5.91 Å². The minimum absolute atomic E-state index is 0.209. The smallest absolute Gasteiger partial charge is 0.341 e. The molecular formula is C24H18N2O4S. The Labute approximate surface area is 183 Å². The molecule has 3 aromatic rings. The molecule has 1 heterocycles. The Morgan fingerprint density at radius 3 is 2.32 bits per heavy atom. The molecule has 0 aromatic heterocycles. The normalized spacial score (nSPS) is 16.1. The number of hydrogen-bond donors (Lipinski definition) is 1. The Morgan fingerprint density at radius 2 is 1.61 bits per heavy atom. The van der Waals surface area contributed by atoms with Crippen LogP contribution >= 0.6 is 11.8 Å². The van der Waals surface area contributed by atoms with E-state index in [1.165, 1.54) is 11.8 Å². The van der Waals surface area contributed by atoms with Gasteiger partial charge in [-0.1, -0.05) is 54.6 Å². The van der Waals surface area contributed by atoms with Crippen molar-refractivity contribution < 1.29 is 19.4 Å². The van der Waals surface area contributed by atoms with Gasteiger partial charge in [0, 0.05) is 5.56 Å². The summed E-state index contributed by atoms with van der Waals surface area (Å²) in [7, 11) is 0. The number of amidine groups is 1. The van der Waals surface area contributed by atoms with E-state index >= 15 is 0 Å². The lowest BCUT2D eigenvalue weighted by atomic mass is 10.2. The average Bonchev–Trinajstić information content (AvgIpc) is 3.09. The van der Waals surface area contributed by atoms with Gasteiger partial charge in [0.05, 0.1) is 16.3 Å². The lowest BCUT2D eigenvalue weighted by Crippen LogP contribution is -2.28. The number of carbonyl (C=O) groups excluding carboxylic acids is 1. The van der Waals surface area contributed by atoms with Crippen molar-refractivity contribution in [3.8, 4) is 5.75 Å². The van der Waals surface area contributed by atoms with Crippen LogP contribution in [-0.4, -0.2) is 28.8 Å². The molecular weight excluding hydrogens is 412 g/mol. The van der Waals surface area contributed by atoms with Gasteiger partial charge in [-0.05, 0) is 48.2 Å². The number of aliphatic imine (C=N–C) groups is 1. The minimum Gasteiger partial charge on any atom is -0.481 e. The first-order chi connectivity index (χ1) is 15.1. The van der Waals surface area contributed by atoms with E-state index in [-0.39, 0.29) is 5.91 Å². The maximum atomic E-state index is 13.3. The van der Waals surface area contributed by atoms with Crippen molar-refractivity contribution in [3.05, 3.63) is 95.4 Å². The molecule has 1 aliphatic heterocycles. The summed E-state index contributed by atoms with van der Waals surface area (Å²) in [6.07, 6.45) is 1.70. The number of carboxylic acids is 1.